The summed E-state index contributed by atoms with van der Waals surface area (Å²) in [5, 5.41) is 2.81. The number of methoxy groups -OCH3 is 1. The second-order valence-corrected chi connectivity index (χ2v) is 7.77. The van der Waals surface area contributed by atoms with Crippen LogP contribution in [0.1, 0.15) is 43.8 Å². The van der Waals surface area contributed by atoms with Gasteiger partial charge in [-0.05, 0) is 61.4 Å². The number of hydrogen-bond acceptors (Lipinski definition) is 5. The molecule has 3 aromatic rings. The first-order valence-electron chi connectivity index (χ1n) is 9.37. The van der Waals surface area contributed by atoms with Crippen LogP contribution in [0, 0.1) is 6.92 Å². The monoisotopic (exact) mass is 409 g/mol. The first-order chi connectivity index (χ1) is 14.0. The van der Waals surface area contributed by atoms with Gasteiger partial charge in [-0.2, -0.15) is 0 Å². The van der Waals surface area contributed by atoms with Crippen molar-refractivity contribution in [3.8, 4) is 11.5 Å². The maximum absolute atomic E-state index is 12.5. The lowest BCUT2D eigenvalue weighted by atomic mass is 10.1. The van der Waals surface area contributed by atoms with Gasteiger partial charge >= 0.3 is 5.97 Å². The second-order valence-electron chi connectivity index (χ2n) is 6.51. The average molecular weight is 410 g/mol. The Hall–Kier alpha value is -3.12. The SMILES string of the molecule is CCCc1cc(C(=O)Oc2ccc(NC(=O)c3ccccc3OC)cc2)sc1C. The molecule has 150 valence electrons. The molecule has 1 amide bonds. The van der Waals surface area contributed by atoms with Gasteiger partial charge < -0.3 is 14.8 Å². The van der Waals surface area contributed by atoms with E-state index in [9.17, 15) is 9.59 Å². The highest BCUT2D eigenvalue weighted by molar-refractivity contribution is 7.14. The number of carbonyl (C=O) groups is 2. The molecule has 0 unspecified atom stereocenters. The molecule has 5 nitrogen and oxygen atoms in total. The molecule has 0 aliphatic heterocycles. The minimum absolute atomic E-state index is 0.273. The maximum atomic E-state index is 12.5. The molecule has 1 aromatic heterocycles. The van der Waals surface area contributed by atoms with Crippen molar-refractivity contribution in [3.05, 3.63) is 75.5 Å². The van der Waals surface area contributed by atoms with Crippen molar-refractivity contribution in [2.45, 2.75) is 26.7 Å². The molecular formula is C23H23NO4S. The van der Waals surface area contributed by atoms with Gasteiger partial charge in [-0.1, -0.05) is 25.5 Å². The smallest absolute Gasteiger partial charge is 0.353 e. The third kappa shape index (κ3) is 5.03. The number of thiophene rings is 1. The molecule has 0 fully saturated rings. The van der Waals surface area contributed by atoms with Crippen molar-refractivity contribution in [2.24, 2.45) is 0 Å². The van der Waals surface area contributed by atoms with Crippen LogP contribution >= 0.6 is 11.3 Å². The van der Waals surface area contributed by atoms with Crippen LogP contribution in [0.2, 0.25) is 0 Å². The number of benzene rings is 2. The third-order valence-electron chi connectivity index (χ3n) is 4.42. The van der Waals surface area contributed by atoms with Crippen LogP contribution in [0.15, 0.2) is 54.6 Å². The van der Waals surface area contributed by atoms with Crippen molar-refractivity contribution in [1.29, 1.82) is 0 Å². The average Bonchev–Trinajstić information content (AvgIpc) is 3.10. The summed E-state index contributed by atoms with van der Waals surface area (Å²) in [4.78, 5) is 26.6. The van der Waals surface area contributed by atoms with Crippen molar-refractivity contribution >= 4 is 28.9 Å². The molecule has 0 bridgehead atoms. The summed E-state index contributed by atoms with van der Waals surface area (Å²) in [5.41, 5.74) is 2.23. The summed E-state index contributed by atoms with van der Waals surface area (Å²) in [6.45, 7) is 4.13. The van der Waals surface area contributed by atoms with E-state index in [1.165, 1.54) is 24.0 Å². The predicted octanol–water partition coefficient (Wildman–Crippen LogP) is 5.49. The first-order valence-corrected chi connectivity index (χ1v) is 10.2. The van der Waals surface area contributed by atoms with Gasteiger partial charge in [-0.25, -0.2) is 4.79 Å². The van der Waals surface area contributed by atoms with Crippen molar-refractivity contribution < 1.29 is 19.1 Å². The molecule has 0 saturated carbocycles. The fourth-order valence-electron chi connectivity index (χ4n) is 2.93. The van der Waals surface area contributed by atoms with Crippen LogP contribution in [0.4, 0.5) is 5.69 Å². The van der Waals surface area contributed by atoms with Gasteiger partial charge in [0.15, 0.2) is 0 Å². The topological polar surface area (TPSA) is 64.6 Å². The fourth-order valence-corrected chi connectivity index (χ4v) is 3.88. The van der Waals surface area contributed by atoms with Crippen LogP contribution < -0.4 is 14.8 Å². The van der Waals surface area contributed by atoms with Crippen LogP contribution in [-0.2, 0) is 6.42 Å². The highest BCUT2D eigenvalue weighted by Crippen LogP contribution is 2.25. The Morgan fingerprint density at radius 1 is 1.07 bits per heavy atom. The Bertz CT molecular complexity index is 1010. The minimum atomic E-state index is -0.369. The molecule has 3 rings (SSSR count). The number of rotatable bonds is 7. The Morgan fingerprint density at radius 2 is 1.79 bits per heavy atom. The van der Waals surface area contributed by atoms with Crippen LogP contribution in [0.5, 0.6) is 11.5 Å². The van der Waals surface area contributed by atoms with E-state index in [4.69, 9.17) is 9.47 Å². The largest absolute Gasteiger partial charge is 0.496 e. The van der Waals surface area contributed by atoms with E-state index >= 15 is 0 Å². The number of para-hydroxylation sites is 1. The lowest BCUT2D eigenvalue weighted by molar-refractivity contribution is 0.0739. The molecule has 1 N–H and O–H groups in total. The first kappa shape index (κ1) is 20.6. The van der Waals surface area contributed by atoms with Gasteiger partial charge in [0, 0.05) is 10.6 Å². The molecule has 2 aromatic carbocycles. The van der Waals surface area contributed by atoms with E-state index in [1.807, 2.05) is 13.0 Å². The van der Waals surface area contributed by atoms with E-state index in [-0.39, 0.29) is 11.9 Å². The van der Waals surface area contributed by atoms with E-state index in [0.29, 0.717) is 27.6 Å². The van der Waals surface area contributed by atoms with Gasteiger partial charge in [0.2, 0.25) is 0 Å². The summed E-state index contributed by atoms with van der Waals surface area (Å²) < 4.78 is 10.7. The van der Waals surface area contributed by atoms with Gasteiger partial charge in [0.25, 0.3) is 5.91 Å². The molecule has 0 radical (unpaired) electrons. The summed E-state index contributed by atoms with van der Waals surface area (Å²) >= 11 is 1.45. The number of hydrogen-bond donors (Lipinski definition) is 1. The molecular weight excluding hydrogens is 386 g/mol. The number of anilines is 1. The zero-order valence-corrected chi connectivity index (χ0v) is 17.5. The van der Waals surface area contributed by atoms with Crippen molar-refractivity contribution in [1.82, 2.24) is 0 Å². The Balaban J connectivity index is 1.65. The number of aryl methyl sites for hydroxylation is 2. The number of esters is 1. The highest BCUT2D eigenvalue weighted by Gasteiger charge is 2.15. The number of nitrogens with one attached hydrogen (secondary N) is 1. The third-order valence-corrected chi connectivity index (χ3v) is 5.49. The predicted molar refractivity (Wildman–Crippen MR) is 115 cm³/mol. The molecule has 29 heavy (non-hydrogen) atoms. The Morgan fingerprint density at radius 3 is 2.48 bits per heavy atom. The minimum Gasteiger partial charge on any atom is -0.496 e. The van der Waals surface area contributed by atoms with E-state index < -0.39 is 0 Å². The van der Waals surface area contributed by atoms with Gasteiger partial charge in [-0.3, -0.25) is 4.79 Å². The quantitative estimate of drug-likeness (QED) is 0.414. The number of ether oxygens (including phenoxy) is 2. The molecule has 0 aliphatic carbocycles. The highest BCUT2D eigenvalue weighted by atomic mass is 32.1. The van der Waals surface area contributed by atoms with Crippen molar-refractivity contribution in [3.63, 3.8) is 0 Å². The van der Waals surface area contributed by atoms with Gasteiger partial charge in [0.1, 0.15) is 16.4 Å². The lowest BCUT2D eigenvalue weighted by Crippen LogP contribution is -2.13. The summed E-state index contributed by atoms with van der Waals surface area (Å²) in [6.07, 6.45) is 1.99. The van der Waals surface area contributed by atoms with E-state index in [0.717, 1.165) is 17.7 Å². The normalized spacial score (nSPS) is 10.4. The number of carbonyl (C=O) groups excluding carboxylic acids is 2. The zero-order valence-electron chi connectivity index (χ0n) is 16.7. The summed E-state index contributed by atoms with van der Waals surface area (Å²) in [6, 6.07) is 15.6. The molecule has 1 heterocycles. The lowest BCUT2D eigenvalue weighted by Gasteiger charge is -2.09. The molecule has 0 saturated heterocycles. The Labute approximate surface area is 174 Å². The van der Waals surface area contributed by atoms with Gasteiger partial charge in [-0.15, -0.1) is 11.3 Å². The van der Waals surface area contributed by atoms with E-state index in [2.05, 4.69) is 12.2 Å². The maximum Gasteiger partial charge on any atom is 0.353 e. The fraction of sp³-hybridized carbons (Fsp3) is 0.217. The van der Waals surface area contributed by atoms with Gasteiger partial charge in [0.05, 0.1) is 12.7 Å². The molecule has 0 spiro atoms. The summed E-state index contributed by atoms with van der Waals surface area (Å²) in [5.74, 6) is 0.286. The van der Waals surface area contributed by atoms with Crippen LogP contribution in [0.3, 0.4) is 0 Å². The second kappa shape index (κ2) is 9.39. The molecule has 6 heteroatoms. The van der Waals surface area contributed by atoms with Crippen LogP contribution in [0.25, 0.3) is 0 Å². The molecule has 0 aliphatic rings. The summed E-state index contributed by atoms with van der Waals surface area (Å²) in [7, 11) is 1.52. The van der Waals surface area contributed by atoms with Crippen LogP contribution in [-0.4, -0.2) is 19.0 Å². The van der Waals surface area contributed by atoms with E-state index in [1.54, 1.807) is 48.5 Å². The Kier molecular flexibility index (Phi) is 6.67. The van der Waals surface area contributed by atoms with Crippen molar-refractivity contribution in [2.75, 3.05) is 12.4 Å². The molecule has 0 atom stereocenters. The number of amides is 1. The zero-order chi connectivity index (χ0) is 20.8. The standard InChI is InChI=1S/C23H23NO4S/c1-4-7-16-14-21(29-15(16)2)23(26)28-18-12-10-17(11-13-18)24-22(25)19-8-5-6-9-20(19)27-3/h5-6,8-14H,4,7H2,1-3H3,(H,24,25).